The number of carbonyl (C=O) groups excluding carboxylic acids is 2. The topological polar surface area (TPSA) is 88.5 Å². The Balaban J connectivity index is 1.62. The van der Waals surface area contributed by atoms with E-state index in [1.807, 2.05) is 82.3 Å². The molecule has 0 unspecified atom stereocenters. The van der Waals surface area contributed by atoms with Gasteiger partial charge >= 0.3 is 6.03 Å². The summed E-state index contributed by atoms with van der Waals surface area (Å²) in [5, 5.41) is 10.7. The van der Waals surface area contributed by atoms with Crippen molar-refractivity contribution in [2.24, 2.45) is 0 Å². The summed E-state index contributed by atoms with van der Waals surface area (Å²) in [4.78, 5) is 28.0. The van der Waals surface area contributed by atoms with E-state index in [0.717, 1.165) is 28.1 Å². The summed E-state index contributed by atoms with van der Waals surface area (Å²) in [6, 6.07) is 24.3. The molecule has 0 aliphatic heterocycles. The van der Waals surface area contributed by atoms with E-state index in [2.05, 4.69) is 10.6 Å². The number of nitrogens with one attached hydrogen (secondary N) is 2. The van der Waals surface area contributed by atoms with E-state index in [9.17, 15) is 9.59 Å². The molecule has 2 N–H and O–H groups in total. The third-order valence-corrected chi connectivity index (χ3v) is 6.18. The van der Waals surface area contributed by atoms with Crippen LogP contribution in [0.2, 0.25) is 0 Å². The van der Waals surface area contributed by atoms with Crippen LogP contribution >= 0.6 is 0 Å². The minimum absolute atomic E-state index is 0.139. The van der Waals surface area contributed by atoms with Gasteiger partial charge in [-0.05, 0) is 57.5 Å². The summed E-state index contributed by atoms with van der Waals surface area (Å²) >= 11 is 0. The second-order valence-corrected chi connectivity index (χ2v) is 9.35. The van der Waals surface area contributed by atoms with Gasteiger partial charge in [0.2, 0.25) is 5.91 Å². The number of ether oxygens (including phenoxy) is 1. The number of benzene rings is 3. The van der Waals surface area contributed by atoms with E-state index in [1.165, 1.54) is 4.90 Å². The summed E-state index contributed by atoms with van der Waals surface area (Å²) in [7, 11) is 1.57. The van der Waals surface area contributed by atoms with Crippen molar-refractivity contribution in [3.8, 4) is 22.6 Å². The molecular weight excluding hydrogens is 478 g/mol. The van der Waals surface area contributed by atoms with Crippen LogP contribution in [-0.2, 0) is 4.79 Å². The summed E-state index contributed by atoms with van der Waals surface area (Å²) in [6.07, 6.45) is 0. The largest absolute Gasteiger partial charge is 0.497 e. The van der Waals surface area contributed by atoms with E-state index < -0.39 is 0 Å². The Morgan fingerprint density at radius 1 is 0.947 bits per heavy atom. The van der Waals surface area contributed by atoms with Crippen molar-refractivity contribution in [3.63, 3.8) is 0 Å². The van der Waals surface area contributed by atoms with Crippen molar-refractivity contribution < 1.29 is 14.3 Å². The maximum Gasteiger partial charge on any atom is 0.322 e. The Labute approximate surface area is 223 Å². The number of methoxy groups -OCH3 is 1. The number of rotatable bonds is 8. The number of anilines is 2. The van der Waals surface area contributed by atoms with Crippen LogP contribution in [0.5, 0.6) is 5.75 Å². The highest BCUT2D eigenvalue weighted by atomic mass is 16.5. The third-order valence-electron chi connectivity index (χ3n) is 6.18. The van der Waals surface area contributed by atoms with E-state index in [0.29, 0.717) is 17.3 Å². The fraction of sp³-hybridized carbons (Fsp3) is 0.233. The van der Waals surface area contributed by atoms with Gasteiger partial charge < -0.3 is 20.3 Å². The van der Waals surface area contributed by atoms with Crippen molar-refractivity contribution in [1.82, 2.24) is 14.7 Å². The van der Waals surface area contributed by atoms with E-state index in [4.69, 9.17) is 9.84 Å². The molecule has 1 heterocycles. The number of hydrogen-bond acceptors (Lipinski definition) is 4. The third kappa shape index (κ3) is 6.03. The number of hydrogen-bond donors (Lipinski definition) is 2. The van der Waals surface area contributed by atoms with Gasteiger partial charge in [-0.1, -0.05) is 54.1 Å². The Hall–Kier alpha value is -4.59. The first-order chi connectivity index (χ1) is 18.3. The minimum Gasteiger partial charge on any atom is -0.497 e. The molecular formula is C30H33N5O3. The van der Waals surface area contributed by atoms with Crippen molar-refractivity contribution in [2.75, 3.05) is 24.3 Å². The highest BCUT2D eigenvalue weighted by Crippen LogP contribution is 2.33. The molecule has 196 valence electrons. The van der Waals surface area contributed by atoms with Crippen LogP contribution in [0.1, 0.15) is 25.1 Å². The van der Waals surface area contributed by atoms with Gasteiger partial charge in [-0.15, -0.1) is 0 Å². The normalized spacial score (nSPS) is 10.8. The summed E-state index contributed by atoms with van der Waals surface area (Å²) in [5.74, 6) is 0.856. The van der Waals surface area contributed by atoms with Gasteiger partial charge in [0.1, 0.15) is 18.1 Å². The predicted octanol–water partition coefficient (Wildman–Crippen LogP) is 6.05. The predicted molar refractivity (Wildman–Crippen MR) is 151 cm³/mol. The van der Waals surface area contributed by atoms with Gasteiger partial charge in [0, 0.05) is 23.4 Å². The van der Waals surface area contributed by atoms with Gasteiger partial charge in [-0.3, -0.25) is 4.79 Å². The number of urea groups is 1. The monoisotopic (exact) mass is 511 g/mol. The van der Waals surface area contributed by atoms with E-state index in [-0.39, 0.29) is 24.5 Å². The zero-order valence-electron chi connectivity index (χ0n) is 22.4. The van der Waals surface area contributed by atoms with Crippen LogP contribution in [0.3, 0.4) is 0 Å². The lowest BCUT2D eigenvalue weighted by molar-refractivity contribution is -0.117. The molecule has 4 aromatic rings. The fourth-order valence-electron chi connectivity index (χ4n) is 4.18. The van der Waals surface area contributed by atoms with Crippen LogP contribution in [0.4, 0.5) is 16.3 Å². The zero-order chi connectivity index (χ0) is 27.2. The van der Waals surface area contributed by atoms with Crippen molar-refractivity contribution in [2.45, 2.75) is 33.7 Å². The number of aryl methyl sites for hydroxylation is 2. The lowest BCUT2D eigenvalue weighted by Crippen LogP contribution is -2.44. The molecule has 0 fully saturated rings. The summed E-state index contributed by atoms with van der Waals surface area (Å²) < 4.78 is 6.98. The van der Waals surface area contributed by atoms with Crippen molar-refractivity contribution in [1.29, 1.82) is 0 Å². The Kier molecular flexibility index (Phi) is 8.11. The summed E-state index contributed by atoms with van der Waals surface area (Å²) in [6.45, 7) is 7.54. The van der Waals surface area contributed by atoms with Gasteiger partial charge in [0.25, 0.3) is 0 Å². The molecule has 0 saturated heterocycles. The molecule has 0 radical (unpaired) electrons. The highest BCUT2D eigenvalue weighted by Gasteiger charge is 2.24. The first kappa shape index (κ1) is 26.5. The van der Waals surface area contributed by atoms with Crippen LogP contribution < -0.4 is 15.4 Å². The second kappa shape index (κ2) is 11.6. The highest BCUT2D eigenvalue weighted by molar-refractivity contribution is 5.99. The smallest absolute Gasteiger partial charge is 0.322 e. The molecule has 4 rings (SSSR count). The molecule has 0 aliphatic carbocycles. The summed E-state index contributed by atoms with van der Waals surface area (Å²) in [5.41, 5.74) is 5.09. The average Bonchev–Trinajstić information content (AvgIpc) is 3.23. The molecule has 0 atom stereocenters. The van der Waals surface area contributed by atoms with Crippen LogP contribution in [0, 0.1) is 13.8 Å². The van der Waals surface area contributed by atoms with Crippen molar-refractivity contribution in [3.05, 3.63) is 90.1 Å². The number of amides is 3. The van der Waals surface area contributed by atoms with Gasteiger partial charge in [0.15, 0.2) is 0 Å². The fourth-order valence-corrected chi connectivity index (χ4v) is 4.18. The number of carbonyl (C=O) groups is 2. The SMILES string of the molecule is COc1cccc(NC(=O)N(CC(=O)Nc2c(-c3ccccc3)c(C)nn2-c2ccc(C)cc2)C(C)C)c1. The van der Waals surface area contributed by atoms with E-state index in [1.54, 1.807) is 36.1 Å². The van der Waals surface area contributed by atoms with Gasteiger partial charge in [-0.2, -0.15) is 5.10 Å². The molecule has 1 aromatic heterocycles. The van der Waals surface area contributed by atoms with E-state index >= 15 is 0 Å². The molecule has 0 spiro atoms. The maximum atomic E-state index is 13.4. The molecule has 38 heavy (non-hydrogen) atoms. The number of nitrogens with zero attached hydrogens (tertiary/aromatic N) is 3. The lowest BCUT2D eigenvalue weighted by Gasteiger charge is -2.26. The number of aromatic nitrogens is 2. The zero-order valence-corrected chi connectivity index (χ0v) is 22.4. The molecule has 8 nitrogen and oxygen atoms in total. The molecule has 0 bridgehead atoms. The molecule has 0 saturated carbocycles. The Morgan fingerprint density at radius 3 is 2.32 bits per heavy atom. The quantitative estimate of drug-likeness (QED) is 0.302. The average molecular weight is 512 g/mol. The minimum atomic E-state index is -0.380. The molecule has 3 aromatic carbocycles. The first-order valence-electron chi connectivity index (χ1n) is 12.5. The first-order valence-corrected chi connectivity index (χ1v) is 12.5. The Bertz CT molecular complexity index is 1410. The van der Waals surface area contributed by atoms with Crippen LogP contribution in [0.15, 0.2) is 78.9 Å². The van der Waals surface area contributed by atoms with Crippen molar-refractivity contribution >= 4 is 23.4 Å². The standard InChI is InChI=1S/C30H33N5O3/c1-20(2)34(30(37)31-24-12-9-13-26(18-24)38-5)19-27(36)32-29-28(23-10-7-6-8-11-23)22(4)33-35(29)25-16-14-21(3)15-17-25/h6-18,20H,19H2,1-5H3,(H,31,37)(H,32,36). The molecule has 0 aliphatic rings. The molecule has 3 amide bonds. The second-order valence-electron chi connectivity index (χ2n) is 9.35. The van der Waals surface area contributed by atoms with Gasteiger partial charge in [-0.25, -0.2) is 9.48 Å². The van der Waals surface area contributed by atoms with Crippen LogP contribution in [-0.4, -0.2) is 46.3 Å². The van der Waals surface area contributed by atoms with Gasteiger partial charge in [0.05, 0.1) is 18.5 Å². The lowest BCUT2D eigenvalue weighted by atomic mass is 10.1. The Morgan fingerprint density at radius 2 is 1.66 bits per heavy atom. The van der Waals surface area contributed by atoms with Crippen LogP contribution in [0.25, 0.3) is 16.8 Å². The maximum absolute atomic E-state index is 13.4. The molecule has 8 heteroatoms.